The van der Waals surface area contributed by atoms with Crippen LogP contribution in [0.5, 0.6) is 5.75 Å². The summed E-state index contributed by atoms with van der Waals surface area (Å²) in [6.45, 7) is 1.91. The van der Waals surface area contributed by atoms with Crippen LogP contribution in [-0.4, -0.2) is 40.5 Å². The van der Waals surface area contributed by atoms with Gasteiger partial charge in [-0.2, -0.15) is 0 Å². The van der Waals surface area contributed by atoms with E-state index >= 15 is 0 Å². The Bertz CT molecular complexity index is 1200. The SMILES string of the molecule is Nc1nc(-c2cc(Nc3ccc(Cl)cc3CF)ccc2O)ccc1CNC(=O)CN1CCCCC1. The summed E-state index contributed by atoms with van der Waals surface area (Å²) in [7, 11) is 0. The number of nitrogens with zero attached hydrogens (tertiary/aromatic N) is 2. The number of alkyl halides is 1. The summed E-state index contributed by atoms with van der Waals surface area (Å²) in [6, 6.07) is 13.4. The third kappa shape index (κ3) is 6.41. The van der Waals surface area contributed by atoms with Crippen LogP contribution in [-0.2, 0) is 18.0 Å². The van der Waals surface area contributed by atoms with Crippen LogP contribution in [0.2, 0.25) is 5.02 Å². The zero-order chi connectivity index (χ0) is 24.8. The first-order chi connectivity index (χ1) is 16.9. The highest BCUT2D eigenvalue weighted by Crippen LogP contribution is 2.33. The highest BCUT2D eigenvalue weighted by molar-refractivity contribution is 6.30. The zero-order valence-corrected chi connectivity index (χ0v) is 20.1. The Labute approximate surface area is 209 Å². The van der Waals surface area contributed by atoms with Gasteiger partial charge in [0.2, 0.25) is 5.91 Å². The van der Waals surface area contributed by atoms with Gasteiger partial charge in [-0.15, -0.1) is 0 Å². The third-order valence-electron chi connectivity index (χ3n) is 6.07. The number of rotatable bonds is 8. The summed E-state index contributed by atoms with van der Waals surface area (Å²) in [5, 5.41) is 17.0. The number of amides is 1. The van der Waals surface area contributed by atoms with Crippen molar-refractivity contribution in [3.8, 4) is 17.0 Å². The monoisotopic (exact) mass is 497 g/mol. The molecule has 1 aliphatic rings. The van der Waals surface area contributed by atoms with Gasteiger partial charge in [-0.1, -0.05) is 24.1 Å². The van der Waals surface area contributed by atoms with Crippen LogP contribution >= 0.6 is 11.6 Å². The number of pyridine rings is 1. The van der Waals surface area contributed by atoms with Crippen LogP contribution in [0.15, 0.2) is 48.5 Å². The Morgan fingerprint density at radius 3 is 2.63 bits per heavy atom. The topological polar surface area (TPSA) is 104 Å². The van der Waals surface area contributed by atoms with Gasteiger partial charge in [0.15, 0.2) is 0 Å². The molecular weight excluding hydrogens is 469 g/mol. The fourth-order valence-corrected chi connectivity index (χ4v) is 4.34. The number of phenolic OH excluding ortho intramolecular Hbond substituents is 1. The lowest BCUT2D eigenvalue weighted by molar-refractivity contribution is -0.122. The number of likely N-dealkylation sites (tertiary alicyclic amines) is 1. The number of aromatic nitrogens is 1. The van der Waals surface area contributed by atoms with Crippen molar-refractivity contribution in [1.29, 1.82) is 0 Å². The Balaban J connectivity index is 1.45. The molecule has 0 unspecified atom stereocenters. The minimum atomic E-state index is -0.665. The molecule has 2 heterocycles. The molecule has 1 aromatic heterocycles. The van der Waals surface area contributed by atoms with Crippen molar-refractivity contribution in [2.45, 2.75) is 32.5 Å². The molecule has 0 aliphatic carbocycles. The van der Waals surface area contributed by atoms with E-state index < -0.39 is 6.67 Å². The summed E-state index contributed by atoms with van der Waals surface area (Å²) in [5.74, 6) is 0.268. The van der Waals surface area contributed by atoms with Crippen molar-refractivity contribution in [3.63, 3.8) is 0 Å². The van der Waals surface area contributed by atoms with Crippen LogP contribution in [0.25, 0.3) is 11.3 Å². The quantitative estimate of drug-likeness (QED) is 0.326. The summed E-state index contributed by atoms with van der Waals surface area (Å²) < 4.78 is 13.4. The van der Waals surface area contributed by atoms with Crippen LogP contribution in [0, 0.1) is 0 Å². The van der Waals surface area contributed by atoms with Crippen LogP contribution in [0.3, 0.4) is 0 Å². The van der Waals surface area contributed by atoms with Gasteiger partial charge in [0.25, 0.3) is 0 Å². The van der Waals surface area contributed by atoms with Gasteiger partial charge in [0, 0.05) is 39.6 Å². The number of hydrogen-bond donors (Lipinski definition) is 4. The van der Waals surface area contributed by atoms with Gasteiger partial charge in [0.1, 0.15) is 18.2 Å². The molecule has 184 valence electrons. The van der Waals surface area contributed by atoms with Gasteiger partial charge in [0.05, 0.1) is 12.2 Å². The summed E-state index contributed by atoms with van der Waals surface area (Å²) in [5.41, 5.74) is 9.47. The number of nitrogen functional groups attached to an aromatic ring is 1. The molecule has 1 amide bonds. The molecule has 0 radical (unpaired) electrons. The molecule has 1 aliphatic heterocycles. The number of benzene rings is 2. The molecule has 1 saturated heterocycles. The second-order valence-corrected chi connectivity index (χ2v) is 9.08. The minimum Gasteiger partial charge on any atom is -0.507 e. The van der Waals surface area contributed by atoms with Crippen molar-refractivity contribution in [2.24, 2.45) is 0 Å². The average Bonchev–Trinajstić information content (AvgIpc) is 2.86. The summed E-state index contributed by atoms with van der Waals surface area (Å²) in [4.78, 5) is 18.9. The maximum absolute atomic E-state index is 13.4. The number of piperidine rings is 1. The molecule has 5 N–H and O–H groups in total. The molecule has 7 nitrogen and oxygen atoms in total. The number of anilines is 3. The first-order valence-corrected chi connectivity index (χ1v) is 12.0. The fourth-order valence-electron chi connectivity index (χ4n) is 4.14. The van der Waals surface area contributed by atoms with E-state index in [1.54, 1.807) is 42.5 Å². The van der Waals surface area contributed by atoms with Crippen LogP contribution in [0.4, 0.5) is 21.6 Å². The highest BCUT2D eigenvalue weighted by atomic mass is 35.5. The normalized spacial score (nSPS) is 14.0. The number of halogens is 2. The van der Waals surface area contributed by atoms with Crippen molar-refractivity contribution in [2.75, 3.05) is 30.7 Å². The number of carbonyl (C=O) groups excluding carboxylic acids is 1. The smallest absolute Gasteiger partial charge is 0.234 e. The average molecular weight is 498 g/mol. The van der Waals surface area contributed by atoms with E-state index in [0.717, 1.165) is 25.9 Å². The van der Waals surface area contributed by atoms with E-state index in [1.165, 1.54) is 12.5 Å². The van der Waals surface area contributed by atoms with Crippen molar-refractivity contribution in [3.05, 3.63) is 64.7 Å². The van der Waals surface area contributed by atoms with E-state index in [9.17, 15) is 14.3 Å². The number of carbonyl (C=O) groups is 1. The molecule has 9 heteroatoms. The molecule has 0 spiro atoms. The van der Waals surface area contributed by atoms with Gasteiger partial charge in [-0.05, 0) is 68.4 Å². The van der Waals surface area contributed by atoms with Gasteiger partial charge >= 0.3 is 0 Å². The van der Waals surface area contributed by atoms with Crippen molar-refractivity contribution in [1.82, 2.24) is 15.2 Å². The van der Waals surface area contributed by atoms with E-state index in [-0.39, 0.29) is 24.0 Å². The second-order valence-electron chi connectivity index (χ2n) is 8.65. The molecule has 4 rings (SSSR count). The maximum atomic E-state index is 13.4. The molecule has 2 aromatic carbocycles. The number of nitrogens with one attached hydrogen (secondary N) is 2. The Kier molecular flexibility index (Phi) is 8.05. The molecule has 0 saturated carbocycles. The second kappa shape index (κ2) is 11.4. The Hall–Kier alpha value is -3.36. The van der Waals surface area contributed by atoms with Gasteiger partial charge < -0.3 is 21.5 Å². The number of phenols is 1. The first kappa shape index (κ1) is 24.8. The molecule has 1 fully saturated rings. The van der Waals surface area contributed by atoms with E-state index in [2.05, 4.69) is 20.5 Å². The Morgan fingerprint density at radius 1 is 1.09 bits per heavy atom. The van der Waals surface area contributed by atoms with Gasteiger partial charge in [-0.25, -0.2) is 9.37 Å². The number of hydrogen-bond acceptors (Lipinski definition) is 6. The van der Waals surface area contributed by atoms with E-state index in [4.69, 9.17) is 17.3 Å². The number of nitrogens with two attached hydrogens (primary N) is 1. The number of aromatic hydroxyl groups is 1. The van der Waals surface area contributed by atoms with Crippen molar-refractivity contribution >= 4 is 34.7 Å². The lowest BCUT2D eigenvalue weighted by atomic mass is 10.1. The highest BCUT2D eigenvalue weighted by Gasteiger charge is 2.15. The lowest BCUT2D eigenvalue weighted by Crippen LogP contribution is -2.39. The van der Waals surface area contributed by atoms with Crippen molar-refractivity contribution < 1.29 is 14.3 Å². The zero-order valence-electron chi connectivity index (χ0n) is 19.4. The summed E-state index contributed by atoms with van der Waals surface area (Å²) in [6.07, 6.45) is 3.48. The molecular formula is C26H29ClFN5O2. The van der Waals surface area contributed by atoms with E-state index in [0.29, 0.717) is 45.3 Å². The first-order valence-electron chi connectivity index (χ1n) is 11.6. The molecule has 35 heavy (non-hydrogen) atoms. The Morgan fingerprint density at radius 2 is 1.89 bits per heavy atom. The standard InChI is InChI=1S/C26H29ClFN5O2/c27-19-5-8-22(18(12-19)14-28)31-20-6-9-24(34)21(13-20)23-7-4-17(26(29)32-23)15-30-25(35)16-33-10-2-1-3-11-33/h4-9,12-13,31,34H,1-3,10-11,14-16H2,(H2,29,32)(H,30,35). The maximum Gasteiger partial charge on any atom is 0.234 e. The molecule has 0 bridgehead atoms. The largest absolute Gasteiger partial charge is 0.507 e. The minimum absolute atomic E-state index is 0.0341. The molecule has 0 atom stereocenters. The molecule has 3 aromatic rings. The lowest BCUT2D eigenvalue weighted by Gasteiger charge is -2.25. The van der Waals surface area contributed by atoms with Gasteiger partial charge in [-0.3, -0.25) is 9.69 Å². The predicted octanol–water partition coefficient (Wildman–Crippen LogP) is 5.01. The fraction of sp³-hybridized carbons (Fsp3) is 0.308. The predicted molar refractivity (Wildman–Crippen MR) is 137 cm³/mol. The van der Waals surface area contributed by atoms with E-state index in [1.807, 2.05) is 0 Å². The third-order valence-corrected chi connectivity index (χ3v) is 6.30. The summed E-state index contributed by atoms with van der Waals surface area (Å²) >= 11 is 5.96. The van der Waals surface area contributed by atoms with Crippen LogP contribution in [0.1, 0.15) is 30.4 Å². The van der Waals surface area contributed by atoms with Crippen LogP contribution < -0.4 is 16.4 Å².